The molecule has 0 fully saturated rings. The maximum absolute atomic E-state index is 10.5. The minimum absolute atomic E-state index is 0.126. The van der Waals surface area contributed by atoms with Crippen LogP contribution in [0.25, 0.3) is 11.1 Å². The molecule has 2 heterocycles. The van der Waals surface area contributed by atoms with E-state index in [4.69, 9.17) is 18.9 Å². The molecule has 0 spiro atoms. The smallest absolute Gasteiger partial charge is 0.231 e. The molecule has 1 aliphatic carbocycles. The second kappa shape index (κ2) is 5.28. The summed E-state index contributed by atoms with van der Waals surface area (Å²) in [6.45, 7) is 0.762. The van der Waals surface area contributed by atoms with E-state index < -0.39 is 6.10 Å². The number of benzene rings is 2. The molecule has 0 radical (unpaired) electrons. The van der Waals surface area contributed by atoms with Crippen LogP contribution in [0.5, 0.6) is 23.0 Å². The van der Waals surface area contributed by atoms with Gasteiger partial charge in [-0.2, -0.15) is 0 Å². The van der Waals surface area contributed by atoms with E-state index in [1.54, 1.807) is 14.2 Å². The summed E-state index contributed by atoms with van der Waals surface area (Å²) in [6.07, 6.45) is 0.258. The number of aliphatic hydroxyl groups excluding tert-OH is 1. The molecule has 6 nitrogen and oxygen atoms in total. The third-order valence-electron chi connectivity index (χ3n) is 5.30. The van der Waals surface area contributed by atoms with Gasteiger partial charge in [-0.05, 0) is 46.9 Å². The number of hydrogen-bond donors (Lipinski definition) is 2. The largest absolute Gasteiger partial charge is 0.493 e. The van der Waals surface area contributed by atoms with Crippen molar-refractivity contribution in [1.82, 2.24) is 5.32 Å². The highest BCUT2D eigenvalue weighted by atomic mass is 16.7. The molecule has 2 N–H and O–H groups in total. The van der Waals surface area contributed by atoms with Crippen LogP contribution in [0.4, 0.5) is 0 Å². The molecule has 5 rings (SSSR count). The van der Waals surface area contributed by atoms with Gasteiger partial charge in [0.15, 0.2) is 23.0 Å². The highest BCUT2D eigenvalue weighted by molar-refractivity contribution is 5.85. The monoisotopic (exact) mass is 341 g/mol. The van der Waals surface area contributed by atoms with E-state index in [9.17, 15) is 5.11 Å². The minimum atomic E-state index is -0.569. The average Bonchev–Trinajstić information content (AvgIpc) is 3.09. The molecule has 25 heavy (non-hydrogen) atoms. The highest BCUT2D eigenvalue weighted by Crippen LogP contribution is 2.54. The number of nitrogens with one attached hydrogen (secondary N) is 1. The summed E-state index contributed by atoms with van der Waals surface area (Å²) in [6, 6.07) is 6.08. The summed E-state index contributed by atoms with van der Waals surface area (Å²) < 4.78 is 22.4. The van der Waals surface area contributed by atoms with E-state index in [2.05, 4.69) is 5.32 Å². The van der Waals surface area contributed by atoms with E-state index in [-0.39, 0.29) is 12.8 Å². The zero-order valence-corrected chi connectivity index (χ0v) is 14.1. The molecule has 0 aromatic heterocycles. The molecular weight excluding hydrogens is 322 g/mol. The van der Waals surface area contributed by atoms with Gasteiger partial charge in [0, 0.05) is 18.2 Å². The fourth-order valence-electron chi connectivity index (χ4n) is 4.19. The van der Waals surface area contributed by atoms with Crippen molar-refractivity contribution in [3.8, 4) is 34.1 Å². The van der Waals surface area contributed by atoms with Crippen molar-refractivity contribution in [1.29, 1.82) is 0 Å². The molecule has 3 aliphatic rings. The van der Waals surface area contributed by atoms with Crippen molar-refractivity contribution < 1.29 is 24.1 Å². The maximum atomic E-state index is 10.5. The molecule has 0 saturated carbocycles. The normalized spacial score (nSPS) is 22.2. The zero-order valence-electron chi connectivity index (χ0n) is 14.1. The molecule has 0 saturated heterocycles. The second-order valence-corrected chi connectivity index (χ2v) is 6.53. The van der Waals surface area contributed by atoms with Crippen LogP contribution in [-0.4, -0.2) is 32.7 Å². The van der Waals surface area contributed by atoms with Gasteiger partial charge < -0.3 is 29.4 Å². The molecule has 2 aliphatic heterocycles. The van der Waals surface area contributed by atoms with Crippen LogP contribution in [-0.2, 0) is 6.42 Å². The molecule has 2 aromatic rings. The van der Waals surface area contributed by atoms with Gasteiger partial charge in [-0.1, -0.05) is 0 Å². The first-order valence-electron chi connectivity index (χ1n) is 8.34. The number of fused-ring (bicyclic) bond motifs is 3. The summed E-state index contributed by atoms with van der Waals surface area (Å²) >= 11 is 0. The Balaban J connectivity index is 1.85. The van der Waals surface area contributed by atoms with Gasteiger partial charge in [0.25, 0.3) is 0 Å². The number of methoxy groups -OCH3 is 2. The third kappa shape index (κ3) is 1.98. The van der Waals surface area contributed by atoms with Gasteiger partial charge in [-0.15, -0.1) is 0 Å². The van der Waals surface area contributed by atoms with E-state index in [0.717, 1.165) is 40.2 Å². The van der Waals surface area contributed by atoms with Crippen molar-refractivity contribution in [2.75, 3.05) is 27.6 Å². The van der Waals surface area contributed by atoms with Crippen LogP contribution in [0.2, 0.25) is 0 Å². The van der Waals surface area contributed by atoms with Crippen LogP contribution in [0.15, 0.2) is 18.2 Å². The number of β-amino-alcohol motifs (C(OH)–C–C–N with tert-alkyl or cyclic N) is 1. The molecule has 6 heteroatoms. The number of ether oxygens (including phenoxy) is 4. The standard InChI is InChI=1S/C19H19NO5/c1-22-16-6-11-13(21)7-20-12-3-9-4-14-15(25-8-24-14)5-10(9)18(17(11)12)19(16)23-2/h4-6,12-13,20-21H,3,7-8H2,1-2H3. The number of aliphatic hydroxyl groups is 1. The van der Waals surface area contributed by atoms with E-state index in [1.165, 1.54) is 5.56 Å². The lowest BCUT2D eigenvalue weighted by Crippen LogP contribution is -2.36. The Morgan fingerprint density at radius 3 is 2.68 bits per heavy atom. The SMILES string of the molecule is COc1cc2c3c(c1OC)-c1cc4c(cc1CC3NCC2O)OCO4. The van der Waals surface area contributed by atoms with Crippen LogP contribution < -0.4 is 24.3 Å². The molecule has 130 valence electrons. The lowest BCUT2D eigenvalue weighted by atomic mass is 9.76. The Hall–Kier alpha value is -2.44. The first-order chi connectivity index (χ1) is 12.2. The Kier molecular flexibility index (Phi) is 3.14. The lowest BCUT2D eigenvalue weighted by Gasteiger charge is -2.37. The quantitative estimate of drug-likeness (QED) is 0.874. The Labute approximate surface area is 145 Å². The zero-order chi connectivity index (χ0) is 17.1. The molecule has 2 atom stereocenters. The van der Waals surface area contributed by atoms with Gasteiger partial charge in [0.1, 0.15) is 0 Å². The molecular formula is C19H19NO5. The van der Waals surface area contributed by atoms with Crippen molar-refractivity contribution >= 4 is 0 Å². The number of rotatable bonds is 2. The summed E-state index contributed by atoms with van der Waals surface area (Å²) in [4.78, 5) is 0. The second-order valence-electron chi connectivity index (χ2n) is 6.53. The summed E-state index contributed by atoms with van der Waals surface area (Å²) in [5, 5.41) is 14.0. The average molecular weight is 341 g/mol. The first kappa shape index (κ1) is 14.9. The van der Waals surface area contributed by atoms with Gasteiger partial charge in [0.05, 0.1) is 20.3 Å². The summed E-state index contributed by atoms with van der Waals surface area (Å²) in [5.74, 6) is 2.82. The topological polar surface area (TPSA) is 69.2 Å². The van der Waals surface area contributed by atoms with E-state index in [1.807, 2.05) is 18.2 Å². The van der Waals surface area contributed by atoms with Gasteiger partial charge in [0.2, 0.25) is 6.79 Å². The van der Waals surface area contributed by atoms with Crippen LogP contribution in [0, 0.1) is 0 Å². The fraction of sp³-hybridized carbons (Fsp3) is 0.368. The minimum Gasteiger partial charge on any atom is -0.493 e. The van der Waals surface area contributed by atoms with E-state index >= 15 is 0 Å². The number of hydrogen-bond acceptors (Lipinski definition) is 6. The predicted molar refractivity (Wildman–Crippen MR) is 90.5 cm³/mol. The van der Waals surface area contributed by atoms with Gasteiger partial charge >= 0.3 is 0 Å². The fourth-order valence-corrected chi connectivity index (χ4v) is 4.19. The van der Waals surface area contributed by atoms with Gasteiger partial charge in [-0.25, -0.2) is 0 Å². The van der Waals surface area contributed by atoms with Crippen LogP contribution in [0.3, 0.4) is 0 Å². The highest BCUT2D eigenvalue weighted by Gasteiger charge is 2.37. The summed E-state index contributed by atoms with van der Waals surface area (Å²) in [5.41, 5.74) is 5.17. The molecule has 0 bridgehead atoms. The van der Waals surface area contributed by atoms with E-state index in [0.29, 0.717) is 18.0 Å². The lowest BCUT2D eigenvalue weighted by molar-refractivity contribution is 0.156. The Morgan fingerprint density at radius 2 is 1.92 bits per heavy atom. The predicted octanol–water partition coefficient (Wildman–Crippen LogP) is 2.33. The molecule has 2 unspecified atom stereocenters. The molecule has 2 aromatic carbocycles. The van der Waals surface area contributed by atoms with Crippen molar-refractivity contribution in [3.63, 3.8) is 0 Å². The van der Waals surface area contributed by atoms with Crippen LogP contribution in [0.1, 0.15) is 28.8 Å². The Morgan fingerprint density at radius 1 is 1.12 bits per heavy atom. The molecule has 0 amide bonds. The third-order valence-corrected chi connectivity index (χ3v) is 5.30. The van der Waals surface area contributed by atoms with Crippen LogP contribution >= 0.6 is 0 Å². The first-order valence-corrected chi connectivity index (χ1v) is 8.34. The van der Waals surface area contributed by atoms with Crippen molar-refractivity contribution in [2.45, 2.75) is 18.6 Å². The van der Waals surface area contributed by atoms with Crippen molar-refractivity contribution in [2.24, 2.45) is 0 Å². The maximum Gasteiger partial charge on any atom is 0.231 e. The summed E-state index contributed by atoms with van der Waals surface area (Å²) in [7, 11) is 3.26. The Bertz CT molecular complexity index is 879. The van der Waals surface area contributed by atoms with Gasteiger partial charge in [-0.3, -0.25) is 0 Å². The van der Waals surface area contributed by atoms with Crippen molar-refractivity contribution in [3.05, 3.63) is 34.9 Å².